The van der Waals surface area contributed by atoms with Gasteiger partial charge in [-0.15, -0.1) is 0 Å². The number of esters is 1. The Morgan fingerprint density at radius 1 is 0.860 bits per heavy atom. The molecule has 0 aromatic heterocycles. The van der Waals surface area contributed by atoms with Gasteiger partial charge in [-0.3, -0.25) is 14.4 Å². The fourth-order valence-electron chi connectivity index (χ4n) is 7.05. The number of benzene rings is 3. The summed E-state index contributed by atoms with van der Waals surface area (Å²) in [6, 6.07) is 25.9. The first kappa shape index (κ1) is 52.3. The monoisotopic (exact) mass is 1050 g/mol. The second-order valence-corrected chi connectivity index (χ2v) is 16.0. The number of hydrogen-bond acceptors (Lipinski definition) is 4. The van der Waals surface area contributed by atoms with Crippen LogP contribution in [0.1, 0.15) is 142 Å². The summed E-state index contributed by atoms with van der Waals surface area (Å²) in [5.41, 5.74) is 9.37. The zero-order chi connectivity index (χ0) is 42.0. The number of halogens is 1. The Hall–Kier alpha value is -4.68. The average Bonchev–Trinajstić information content (AvgIpc) is 3.67. The molecule has 3 N–H and O–H groups in total. The van der Waals surface area contributed by atoms with Crippen molar-refractivity contribution in [2.24, 2.45) is 23.2 Å². The Morgan fingerprint density at radius 2 is 1.42 bits per heavy atom. The third-order valence-corrected chi connectivity index (χ3v) is 11.0. The number of carbonyl (C=O) groups is 3. The first-order valence-corrected chi connectivity index (χ1v) is 21.4. The molecule has 0 heterocycles. The molecule has 9 heteroatoms. The van der Waals surface area contributed by atoms with E-state index >= 15 is 0 Å². The Kier molecular flexibility index (Phi) is 26.3. The number of unbranched alkanes of at least 4 members (excludes halogenated alkanes) is 2. The molecule has 1 fully saturated rings. The van der Waals surface area contributed by atoms with E-state index in [-0.39, 0.29) is 23.8 Å². The molecule has 324 valence electrons. The summed E-state index contributed by atoms with van der Waals surface area (Å²) in [7, 11) is 0. The van der Waals surface area contributed by atoms with Crippen molar-refractivity contribution >= 4 is 29.9 Å². The molecule has 3 aromatic carbocycles. The molecule has 1 aliphatic rings. The minimum absolute atomic E-state index is 0. The van der Waals surface area contributed by atoms with Crippen LogP contribution in [0.2, 0.25) is 5.02 Å². The maximum absolute atomic E-state index is 13.6. The van der Waals surface area contributed by atoms with E-state index in [1.165, 1.54) is 19.3 Å². The van der Waals surface area contributed by atoms with Gasteiger partial charge in [-0.2, -0.15) is 0 Å². The molecule has 2 unspecified atom stereocenters. The SMILES string of the molecule is CC.CC(C)CC(C)C(C)C.CCC1(CC(=O)OC(c2ccccc2)(c2ccc(C)cc2)c2ccccc2Cl)CCCC1.[Fm].[NH-]CC(=O)NCCCCCNC=O. The fraction of sp³-hybridized carbons (Fsp3) is 0.562. The number of carbonyl (C=O) groups excluding carboxylic acids is 3. The van der Waals surface area contributed by atoms with Crippen LogP contribution in [0.25, 0.3) is 5.73 Å². The van der Waals surface area contributed by atoms with Gasteiger partial charge < -0.3 is 21.1 Å². The molecule has 57 heavy (non-hydrogen) atoms. The smallest absolute Gasteiger partial charge is 0.307 e. The van der Waals surface area contributed by atoms with Gasteiger partial charge in [0.2, 0.25) is 6.41 Å². The second-order valence-electron chi connectivity index (χ2n) is 15.6. The molecule has 2 amide bonds. The van der Waals surface area contributed by atoms with Crippen LogP contribution < -0.4 is 10.6 Å². The van der Waals surface area contributed by atoms with Crippen LogP contribution in [0.5, 0.6) is 0 Å². The number of amides is 2. The molecule has 0 aliphatic heterocycles. The third-order valence-electron chi connectivity index (χ3n) is 10.6. The van der Waals surface area contributed by atoms with Crippen LogP contribution in [0, 0.1) is 30.1 Å². The van der Waals surface area contributed by atoms with Crippen LogP contribution >= 0.6 is 11.6 Å². The van der Waals surface area contributed by atoms with Crippen molar-refractivity contribution in [3.63, 3.8) is 0 Å². The number of nitrogens with one attached hydrogen (secondary N) is 3. The van der Waals surface area contributed by atoms with Crippen molar-refractivity contribution in [3.05, 3.63) is 112 Å². The first-order chi connectivity index (χ1) is 26.8. The van der Waals surface area contributed by atoms with Crippen molar-refractivity contribution < 1.29 is 19.1 Å². The van der Waals surface area contributed by atoms with E-state index in [0.29, 0.717) is 30.9 Å². The van der Waals surface area contributed by atoms with Crippen molar-refractivity contribution in [1.29, 1.82) is 0 Å². The molecule has 3 aromatic rings. The summed E-state index contributed by atoms with van der Waals surface area (Å²) < 4.78 is 6.58. The molecule has 7 nitrogen and oxygen atoms in total. The summed E-state index contributed by atoms with van der Waals surface area (Å²) in [6.45, 7) is 20.9. The second kappa shape index (κ2) is 28.7. The van der Waals surface area contributed by atoms with Gasteiger partial charge in [-0.1, -0.05) is 165 Å². The van der Waals surface area contributed by atoms with Gasteiger partial charge in [0.05, 0.1) is 6.42 Å². The normalized spacial score (nSPS) is 14.1. The molecule has 1 aliphatic carbocycles. The predicted octanol–water partition coefficient (Wildman–Crippen LogP) is 12.3. The average molecular weight is 1050 g/mol. The van der Waals surface area contributed by atoms with Crippen molar-refractivity contribution in [2.75, 3.05) is 19.6 Å². The van der Waals surface area contributed by atoms with E-state index in [1.54, 1.807) is 0 Å². The van der Waals surface area contributed by atoms with E-state index in [0.717, 1.165) is 78.5 Å². The summed E-state index contributed by atoms with van der Waals surface area (Å²) in [5.74, 6) is 2.21. The van der Waals surface area contributed by atoms with Crippen LogP contribution in [0.15, 0.2) is 78.9 Å². The Balaban J connectivity index is 0.00000104. The topological polar surface area (TPSA) is 108 Å². The standard InChI is InChI=1S/C29H31ClO2.C9H20.C8H16N3O2.C2H6.Fm/c1-3-28(19-9-10-20-28)21-27(31)32-29(23-11-5-4-6-12-23,24-17-15-22(2)16-18-24)25-13-7-8-14-26(25)30;1-7(2)6-9(5)8(3)4;9-6-8(13)11-5-3-1-2-4-10-7-12;1-2;/h4-8,11-18H,3,9-10,19-21H2,1-2H3;7-9H,6H2,1-5H3;7,9H,1-6H2,(H,10,12)(H,11,13);1-2H3;/q;;-1;;. The van der Waals surface area contributed by atoms with Gasteiger partial charge >= 0.3 is 5.97 Å². The van der Waals surface area contributed by atoms with Crippen LogP contribution in [-0.2, 0) is 24.7 Å². The molecular weight excluding hydrogens is 975 g/mol. The van der Waals surface area contributed by atoms with E-state index in [9.17, 15) is 14.4 Å². The van der Waals surface area contributed by atoms with E-state index in [2.05, 4.69) is 71.2 Å². The molecule has 0 spiro atoms. The number of aryl methyl sites for hydroxylation is 1. The Morgan fingerprint density at radius 3 is 1.93 bits per heavy atom. The maximum Gasteiger partial charge on any atom is 0.307 e. The maximum atomic E-state index is 13.6. The number of rotatable bonds is 18. The third kappa shape index (κ3) is 18.0. The van der Waals surface area contributed by atoms with Crippen molar-refractivity contribution in [3.8, 4) is 0 Å². The molecule has 0 bridgehead atoms. The van der Waals surface area contributed by atoms with Crippen LogP contribution in [0.4, 0.5) is 0 Å². The molecule has 2 atom stereocenters. The van der Waals surface area contributed by atoms with Gasteiger partial charge in [0, 0.05) is 34.8 Å². The van der Waals surface area contributed by atoms with Gasteiger partial charge in [0.1, 0.15) is 0 Å². The zero-order valence-corrected chi connectivity index (χ0v) is 39.5. The van der Waals surface area contributed by atoms with E-state index in [1.807, 2.05) is 80.6 Å². The number of ether oxygens (including phenoxy) is 1. The van der Waals surface area contributed by atoms with Crippen molar-refractivity contribution in [2.45, 2.75) is 132 Å². The molecule has 0 radical (unpaired) electrons. The summed E-state index contributed by atoms with van der Waals surface area (Å²) in [6.07, 6.45) is 10.8. The largest absolute Gasteiger partial charge is 0.670 e. The first-order valence-electron chi connectivity index (χ1n) is 21.0. The molecule has 4 rings (SSSR count). The molecule has 0 saturated heterocycles. The molecule has 1 saturated carbocycles. The van der Waals surface area contributed by atoms with Gasteiger partial charge in [-0.05, 0) is 81.1 Å². The summed E-state index contributed by atoms with van der Waals surface area (Å²) >= 11 is 6.76. The Labute approximate surface area is 345 Å². The fourth-order valence-corrected chi connectivity index (χ4v) is 7.31. The van der Waals surface area contributed by atoms with Gasteiger partial charge in [0.15, 0.2) is 11.5 Å². The van der Waals surface area contributed by atoms with Crippen LogP contribution in [-0.4, -0.2) is 37.9 Å². The van der Waals surface area contributed by atoms with E-state index in [4.69, 9.17) is 22.1 Å². The zero-order valence-electron chi connectivity index (χ0n) is 36.3. The molecular formula is C48H73ClFmN3O4-. The number of hydrogen-bond donors (Lipinski definition) is 2. The minimum Gasteiger partial charge on any atom is -0.670 e. The minimum atomic E-state index is -1.11. The van der Waals surface area contributed by atoms with Crippen molar-refractivity contribution in [1.82, 2.24) is 10.6 Å². The van der Waals surface area contributed by atoms with Crippen LogP contribution in [0.3, 0.4) is 0 Å². The Bertz CT molecular complexity index is 1510. The van der Waals surface area contributed by atoms with Gasteiger partial charge in [0.25, 0.3) is 0 Å². The summed E-state index contributed by atoms with van der Waals surface area (Å²) in [4.78, 5) is 34.0. The quantitative estimate of drug-likeness (QED) is 0.0572. The van der Waals surface area contributed by atoms with Gasteiger partial charge in [-0.25, -0.2) is 0 Å². The summed E-state index contributed by atoms with van der Waals surface area (Å²) in [5, 5.41) is 5.75. The van der Waals surface area contributed by atoms with E-state index < -0.39 is 5.60 Å². The predicted molar refractivity (Wildman–Crippen MR) is 236 cm³/mol.